The van der Waals surface area contributed by atoms with Crippen molar-refractivity contribution >= 4 is 15.9 Å². The second kappa shape index (κ2) is 5.73. The van der Waals surface area contributed by atoms with Crippen molar-refractivity contribution in [2.45, 2.75) is 63.9 Å². The summed E-state index contributed by atoms with van der Waals surface area (Å²) in [5.74, 6) is 0.946. The fraction of sp³-hybridized carbons (Fsp3) is 0.526. The molecule has 2 bridgehead atoms. The van der Waals surface area contributed by atoms with Crippen LogP contribution >= 0.6 is 0 Å². The van der Waals surface area contributed by atoms with Crippen LogP contribution in [0.25, 0.3) is 0 Å². The normalized spacial score (nSPS) is 26.5. The van der Waals surface area contributed by atoms with Gasteiger partial charge in [-0.2, -0.15) is 0 Å². The summed E-state index contributed by atoms with van der Waals surface area (Å²) in [4.78, 5) is 5.14. The number of hydrogen-bond donors (Lipinski definition) is 0. The number of benzene rings is 1. The van der Waals surface area contributed by atoms with Gasteiger partial charge in [-0.3, -0.25) is 4.99 Å². The summed E-state index contributed by atoms with van der Waals surface area (Å²) in [5, 5.41) is 0. The van der Waals surface area contributed by atoms with Gasteiger partial charge >= 0.3 is 0 Å². The molecule has 0 amide bonds. The van der Waals surface area contributed by atoms with Crippen LogP contribution in [0.15, 0.2) is 45.8 Å². The van der Waals surface area contributed by atoms with E-state index in [9.17, 15) is 8.42 Å². The van der Waals surface area contributed by atoms with Crippen molar-refractivity contribution in [3.05, 3.63) is 41.5 Å². The lowest BCUT2D eigenvalue weighted by molar-refractivity contribution is 0.273. The Bertz CT molecular complexity index is 804. The molecule has 4 nitrogen and oxygen atoms in total. The van der Waals surface area contributed by atoms with E-state index in [1.807, 2.05) is 32.9 Å². The molecule has 0 saturated carbocycles. The Hall–Kier alpha value is -1.62. The zero-order valence-corrected chi connectivity index (χ0v) is 15.9. The zero-order chi connectivity index (χ0) is 17.7. The summed E-state index contributed by atoms with van der Waals surface area (Å²) < 4.78 is 28.2. The molecule has 5 heteroatoms. The number of hydrogen-bond acceptors (Lipinski definition) is 3. The van der Waals surface area contributed by atoms with Crippen LogP contribution in [0.4, 0.5) is 0 Å². The predicted molar refractivity (Wildman–Crippen MR) is 97.7 cm³/mol. The third kappa shape index (κ3) is 2.79. The maximum atomic E-state index is 13.3. The molecule has 3 rings (SSSR count). The van der Waals surface area contributed by atoms with Crippen LogP contribution in [0.5, 0.6) is 0 Å². The molecule has 24 heavy (non-hydrogen) atoms. The summed E-state index contributed by atoms with van der Waals surface area (Å²) >= 11 is 0. The quantitative estimate of drug-likeness (QED) is 0.762. The highest BCUT2D eigenvalue weighted by Crippen LogP contribution is 2.41. The summed E-state index contributed by atoms with van der Waals surface area (Å²) in [6, 6.07) is 6.92. The monoisotopic (exact) mass is 346 g/mol. The highest BCUT2D eigenvalue weighted by atomic mass is 32.2. The first kappa shape index (κ1) is 17.2. The SMILES string of the molecule is CC1=CC[C@H]2C[C@@H]1N(S(=O)(=O)c1ccc(C)cc1)C(C)=NC2(C)C. The van der Waals surface area contributed by atoms with Crippen LogP contribution in [0, 0.1) is 12.8 Å². The van der Waals surface area contributed by atoms with Crippen molar-refractivity contribution in [2.24, 2.45) is 10.9 Å². The van der Waals surface area contributed by atoms with E-state index in [0.717, 1.165) is 24.0 Å². The van der Waals surface area contributed by atoms with Crippen LogP contribution in [0.3, 0.4) is 0 Å². The summed E-state index contributed by atoms with van der Waals surface area (Å²) in [6.45, 7) is 10.0. The van der Waals surface area contributed by atoms with E-state index < -0.39 is 10.0 Å². The second-order valence-electron chi connectivity index (χ2n) is 7.56. The van der Waals surface area contributed by atoms with Gasteiger partial charge in [-0.15, -0.1) is 0 Å². The van der Waals surface area contributed by atoms with E-state index in [-0.39, 0.29) is 11.6 Å². The van der Waals surface area contributed by atoms with Gasteiger partial charge in [-0.25, -0.2) is 12.7 Å². The van der Waals surface area contributed by atoms with E-state index in [1.165, 1.54) is 0 Å². The summed E-state index contributed by atoms with van der Waals surface area (Å²) in [7, 11) is -3.62. The fourth-order valence-electron chi connectivity index (χ4n) is 3.82. The number of aryl methyl sites for hydroxylation is 1. The molecule has 2 aliphatic rings. The molecule has 0 saturated heterocycles. The average Bonchev–Trinajstić information content (AvgIpc) is 2.56. The fourth-order valence-corrected chi connectivity index (χ4v) is 5.50. The Kier molecular flexibility index (Phi) is 4.11. The molecule has 0 N–H and O–H groups in total. The number of fused-ring (bicyclic) bond motifs is 2. The van der Waals surface area contributed by atoms with Gasteiger partial charge < -0.3 is 0 Å². The van der Waals surface area contributed by atoms with E-state index in [1.54, 1.807) is 16.4 Å². The van der Waals surface area contributed by atoms with Crippen LogP contribution in [0.2, 0.25) is 0 Å². The number of aliphatic imine (C=N–C) groups is 1. The lowest BCUT2D eigenvalue weighted by atomic mass is 9.76. The molecule has 0 fully saturated rings. The molecule has 1 aliphatic heterocycles. The highest BCUT2D eigenvalue weighted by molar-refractivity contribution is 7.89. The lowest BCUT2D eigenvalue weighted by Gasteiger charge is -2.36. The minimum Gasteiger partial charge on any atom is -0.265 e. The number of allylic oxidation sites excluding steroid dienone is 1. The highest BCUT2D eigenvalue weighted by Gasteiger charge is 2.43. The second-order valence-corrected chi connectivity index (χ2v) is 9.37. The van der Waals surface area contributed by atoms with Crippen molar-refractivity contribution in [3.8, 4) is 0 Å². The topological polar surface area (TPSA) is 49.7 Å². The third-order valence-corrected chi connectivity index (χ3v) is 7.29. The Morgan fingerprint density at radius 2 is 1.75 bits per heavy atom. The van der Waals surface area contributed by atoms with Gasteiger partial charge in [0, 0.05) is 0 Å². The van der Waals surface area contributed by atoms with Gasteiger partial charge in [-0.1, -0.05) is 29.3 Å². The molecule has 2 atom stereocenters. The van der Waals surface area contributed by atoms with Gasteiger partial charge in [0.15, 0.2) is 0 Å². The minimum absolute atomic E-state index is 0.138. The zero-order valence-electron chi connectivity index (χ0n) is 15.1. The van der Waals surface area contributed by atoms with E-state index in [2.05, 4.69) is 19.9 Å². The first-order valence-corrected chi connectivity index (χ1v) is 9.91. The van der Waals surface area contributed by atoms with Crippen molar-refractivity contribution in [2.75, 3.05) is 0 Å². The van der Waals surface area contributed by atoms with Gasteiger partial charge in [0.05, 0.1) is 16.5 Å². The standard InChI is InChI=1S/C19H26N2O2S/c1-13-6-10-17(11-7-13)24(22,23)21-15(3)20-19(4,5)16-9-8-14(2)18(21)12-16/h6-8,10-11,16,18H,9,12H2,1-5H3/t16-,18-/m0/s1. The van der Waals surface area contributed by atoms with E-state index in [0.29, 0.717) is 16.6 Å². The smallest absolute Gasteiger partial charge is 0.265 e. The number of nitrogens with zero attached hydrogens (tertiary/aromatic N) is 2. The third-order valence-electron chi connectivity index (χ3n) is 5.39. The van der Waals surface area contributed by atoms with Crippen LogP contribution in [-0.4, -0.2) is 30.1 Å². The molecule has 130 valence electrons. The van der Waals surface area contributed by atoms with Crippen LogP contribution in [-0.2, 0) is 10.0 Å². The van der Waals surface area contributed by atoms with Gasteiger partial charge in [0.2, 0.25) is 0 Å². The van der Waals surface area contributed by atoms with Crippen molar-refractivity contribution < 1.29 is 8.42 Å². The minimum atomic E-state index is -3.62. The molecular weight excluding hydrogens is 320 g/mol. The summed E-state index contributed by atoms with van der Waals surface area (Å²) in [5.41, 5.74) is 1.91. The first-order chi connectivity index (χ1) is 11.1. The van der Waals surface area contributed by atoms with Crippen molar-refractivity contribution in [1.29, 1.82) is 0 Å². The Morgan fingerprint density at radius 3 is 2.38 bits per heavy atom. The molecule has 0 radical (unpaired) electrons. The molecule has 1 aromatic carbocycles. The average molecular weight is 346 g/mol. The molecule has 1 aliphatic carbocycles. The number of sulfonamides is 1. The number of amidine groups is 1. The van der Waals surface area contributed by atoms with Gasteiger partial charge in [0.25, 0.3) is 10.0 Å². The Labute approximate surface area is 145 Å². The van der Waals surface area contributed by atoms with Gasteiger partial charge in [0.1, 0.15) is 5.84 Å². The maximum absolute atomic E-state index is 13.3. The van der Waals surface area contributed by atoms with Crippen LogP contribution < -0.4 is 0 Å². The van der Waals surface area contributed by atoms with Crippen molar-refractivity contribution in [3.63, 3.8) is 0 Å². The van der Waals surface area contributed by atoms with E-state index in [4.69, 9.17) is 4.99 Å². The molecule has 1 heterocycles. The van der Waals surface area contributed by atoms with Gasteiger partial charge in [-0.05, 0) is 65.5 Å². The van der Waals surface area contributed by atoms with Crippen molar-refractivity contribution in [1.82, 2.24) is 4.31 Å². The molecule has 0 aromatic heterocycles. The first-order valence-electron chi connectivity index (χ1n) is 8.47. The maximum Gasteiger partial charge on any atom is 0.265 e. The Balaban J connectivity index is 2.15. The molecular formula is C19H26N2O2S. The van der Waals surface area contributed by atoms with Crippen LogP contribution in [0.1, 0.15) is 46.1 Å². The Morgan fingerprint density at radius 1 is 1.12 bits per heavy atom. The molecule has 0 unspecified atom stereocenters. The lowest BCUT2D eigenvalue weighted by Crippen LogP contribution is -2.44. The molecule has 0 spiro atoms. The summed E-state index contributed by atoms with van der Waals surface area (Å²) in [6.07, 6.45) is 3.97. The largest absolute Gasteiger partial charge is 0.265 e. The molecule has 1 aromatic rings. The predicted octanol–water partition coefficient (Wildman–Crippen LogP) is 3.92. The van der Waals surface area contributed by atoms with E-state index >= 15 is 0 Å². The number of rotatable bonds is 2.